The van der Waals surface area contributed by atoms with Crippen LogP contribution < -0.4 is 5.32 Å². The Balaban J connectivity index is 1.43. The SMILES string of the molecule is Cc1cc(F)c2[nH]c(C)c(CCNC(=O)c3ccc(-c4cccc(O)c4)cc3)c2c1. The predicted octanol–water partition coefficient (Wildman–Crippen LogP) is 5.27. The molecule has 0 unspecified atom stereocenters. The molecule has 0 fully saturated rings. The molecule has 0 saturated carbocycles. The molecule has 4 rings (SSSR count). The number of phenolic OH excluding ortho intramolecular Hbond substituents is 1. The van der Waals surface area contributed by atoms with Gasteiger partial charge in [-0.05, 0) is 78.9 Å². The lowest BCUT2D eigenvalue weighted by molar-refractivity contribution is 0.0954. The number of aromatic amines is 1. The van der Waals surface area contributed by atoms with E-state index < -0.39 is 0 Å². The van der Waals surface area contributed by atoms with Gasteiger partial charge >= 0.3 is 0 Å². The molecule has 0 saturated heterocycles. The van der Waals surface area contributed by atoms with Crippen molar-refractivity contribution in [3.8, 4) is 16.9 Å². The van der Waals surface area contributed by atoms with E-state index in [9.17, 15) is 14.3 Å². The number of amides is 1. The number of hydrogen-bond donors (Lipinski definition) is 3. The second kappa shape index (κ2) is 8.03. The number of H-pyrrole nitrogens is 1. The summed E-state index contributed by atoms with van der Waals surface area (Å²) in [6, 6.07) is 17.7. The monoisotopic (exact) mass is 402 g/mol. The maximum atomic E-state index is 14.2. The Morgan fingerprint density at radius 3 is 2.53 bits per heavy atom. The first-order valence-electron chi connectivity index (χ1n) is 9.87. The van der Waals surface area contributed by atoms with Gasteiger partial charge in [0, 0.05) is 23.2 Å². The van der Waals surface area contributed by atoms with Crippen molar-refractivity contribution in [3.05, 3.63) is 88.9 Å². The van der Waals surface area contributed by atoms with E-state index in [1.54, 1.807) is 30.3 Å². The van der Waals surface area contributed by atoms with Gasteiger partial charge in [0.25, 0.3) is 5.91 Å². The van der Waals surface area contributed by atoms with E-state index in [0.717, 1.165) is 33.3 Å². The Bertz CT molecular complexity index is 1230. The molecule has 0 atom stereocenters. The van der Waals surface area contributed by atoms with E-state index >= 15 is 0 Å². The minimum atomic E-state index is -0.254. The average molecular weight is 402 g/mol. The van der Waals surface area contributed by atoms with E-state index in [1.165, 1.54) is 6.07 Å². The van der Waals surface area contributed by atoms with Crippen LogP contribution in [0.1, 0.15) is 27.2 Å². The van der Waals surface area contributed by atoms with Gasteiger partial charge in [-0.2, -0.15) is 0 Å². The number of benzene rings is 3. The van der Waals surface area contributed by atoms with E-state index in [0.29, 0.717) is 24.0 Å². The molecular weight excluding hydrogens is 379 g/mol. The van der Waals surface area contributed by atoms with Crippen molar-refractivity contribution in [2.45, 2.75) is 20.3 Å². The molecule has 0 bridgehead atoms. The zero-order valence-corrected chi connectivity index (χ0v) is 16.9. The highest BCUT2D eigenvalue weighted by molar-refractivity contribution is 5.94. The summed E-state index contributed by atoms with van der Waals surface area (Å²) in [5, 5.41) is 13.4. The molecule has 30 heavy (non-hydrogen) atoms. The lowest BCUT2D eigenvalue weighted by Crippen LogP contribution is -2.25. The van der Waals surface area contributed by atoms with Gasteiger partial charge in [-0.3, -0.25) is 4.79 Å². The molecule has 0 radical (unpaired) electrons. The normalized spacial score (nSPS) is 11.0. The molecule has 1 amide bonds. The molecule has 152 valence electrons. The van der Waals surface area contributed by atoms with Gasteiger partial charge in [-0.25, -0.2) is 4.39 Å². The molecule has 1 aromatic heterocycles. The zero-order valence-electron chi connectivity index (χ0n) is 16.9. The summed E-state index contributed by atoms with van der Waals surface area (Å²) in [6.45, 7) is 4.25. The van der Waals surface area contributed by atoms with Crippen molar-refractivity contribution < 1.29 is 14.3 Å². The fourth-order valence-electron chi connectivity index (χ4n) is 3.80. The number of phenols is 1. The smallest absolute Gasteiger partial charge is 0.251 e. The molecule has 0 aliphatic carbocycles. The predicted molar refractivity (Wildman–Crippen MR) is 117 cm³/mol. The number of aromatic nitrogens is 1. The van der Waals surface area contributed by atoms with Gasteiger partial charge in [0.15, 0.2) is 0 Å². The lowest BCUT2D eigenvalue weighted by atomic mass is 10.0. The molecule has 4 nitrogen and oxygen atoms in total. The summed E-state index contributed by atoms with van der Waals surface area (Å²) in [5.74, 6) is -0.204. The maximum Gasteiger partial charge on any atom is 0.251 e. The average Bonchev–Trinajstić information content (AvgIpc) is 3.04. The van der Waals surface area contributed by atoms with Gasteiger partial charge in [0.1, 0.15) is 11.6 Å². The number of fused-ring (bicyclic) bond motifs is 1. The fourth-order valence-corrected chi connectivity index (χ4v) is 3.80. The molecule has 1 heterocycles. The minimum Gasteiger partial charge on any atom is -0.508 e. The summed E-state index contributed by atoms with van der Waals surface area (Å²) < 4.78 is 14.2. The number of rotatable bonds is 5. The molecule has 0 aliphatic rings. The maximum absolute atomic E-state index is 14.2. The van der Waals surface area contributed by atoms with Crippen LogP contribution in [-0.4, -0.2) is 22.5 Å². The third kappa shape index (κ3) is 3.92. The Kier molecular flexibility index (Phi) is 5.27. The highest BCUT2D eigenvalue weighted by Gasteiger charge is 2.13. The molecule has 3 aromatic carbocycles. The molecule has 0 aliphatic heterocycles. The van der Waals surface area contributed by atoms with Crippen molar-refractivity contribution in [2.24, 2.45) is 0 Å². The van der Waals surface area contributed by atoms with Crippen LogP contribution >= 0.6 is 0 Å². The van der Waals surface area contributed by atoms with E-state index in [-0.39, 0.29) is 17.5 Å². The van der Waals surface area contributed by atoms with Gasteiger partial charge in [0.05, 0.1) is 5.52 Å². The molecule has 4 aromatic rings. The number of aryl methyl sites for hydroxylation is 2. The third-order valence-corrected chi connectivity index (χ3v) is 5.31. The number of carbonyl (C=O) groups is 1. The van der Waals surface area contributed by atoms with Crippen LogP contribution in [0.4, 0.5) is 4.39 Å². The largest absolute Gasteiger partial charge is 0.508 e. The van der Waals surface area contributed by atoms with Crippen LogP contribution in [0.5, 0.6) is 5.75 Å². The first-order chi connectivity index (χ1) is 14.4. The number of hydrogen-bond acceptors (Lipinski definition) is 2. The van der Waals surface area contributed by atoms with Crippen LogP contribution in [0.2, 0.25) is 0 Å². The van der Waals surface area contributed by atoms with Crippen molar-refractivity contribution >= 4 is 16.8 Å². The third-order valence-electron chi connectivity index (χ3n) is 5.31. The van der Waals surface area contributed by atoms with Crippen molar-refractivity contribution in [1.82, 2.24) is 10.3 Å². The molecular formula is C25H23FN2O2. The van der Waals surface area contributed by atoms with Crippen LogP contribution in [0.25, 0.3) is 22.0 Å². The number of nitrogens with one attached hydrogen (secondary N) is 2. The highest BCUT2D eigenvalue weighted by Crippen LogP contribution is 2.26. The van der Waals surface area contributed by atoms with Crippen LogP contribution in [0.3, 0.4) is 0 Å². The standard InChI is InChI=1S/C25H23FN2O2/c1-15-12-22-21(16(2)28-24(22)23(26)13-15)10-11-27-25(30)18-8-6-17(7-9-18)19-4-3-5-20(29)14-19/h3-9,12-14,28-29H,10-11H2,1-2H3,(H,27,30). The molecule has 0 spiro atoms. The topological polar surface area (TPSA) is 65.1 Å². The second-order valence-corrected chi connectivity index (χ2v) is 7.53. The van der Waals surface area contributed by atoms with Crippen molar-refractivity contribution in [2.75, 3.05) is 6.54 Å². The molecule has 3 N–H and O–H groups in total. The Morgan fingerprint density at radius 1 is 1.03 bits per heavy atom. The first-order valence-corrected chi connectivity index (χ1v) is 9.87. The van der Waals surface area contributed by atoms with Gasteiger partial charge in [-0.1, -0.05) is 24.3 Å². The summed E-state index contributed by atoms with van der Waals surface area (Å²) in [4.78, 5) is 15.6. The first kappa shape index (κ1) is 19.7. The quantitative estimate of drug-likeness (QED) is 0.426. The van der Waals surface area contributed by atoms with E-state index in [2.05, 4.69) is 10.3 Å². The van der Waals surface area contributed by atoms with Gasteiger partial charge < -0.3 is 15.4 Å². The Morgan fingerprint density at radius 2 is 1.80 bits per heavy atom. The minimum absolute atomic E-state index is 0.155. The highest BCUT2D eigenvalue weighted by atomic mass is 19.1. The summed E-state index contributed by atoms with van der Waals surface area (Å²) >= 11 is 0. The summed E-state index contributed by atoms with van der Waals surface area (Å²) in [5.41, 5.74) is 5.70. The lowest BCUT2D eigenvalue weighted by Gasteiger charge is -2.08. The number of halogens is 1. The molecule has 5 heteroatoms. The van der Waals surface area contributed by atoms with Crippen molar-refractivity contribution in [3.63, 3.8) is 0 Å². The summed E-state index contributed by atoms with van der Waals surface area (Å²) in [6.07, 6.45) is 0.613. The number of aromatic hydroxyl groups is 1. The Labute approximate surface area is 174 Å². The van der Waals surface area contributed by atoms with Crippen LogP contribution in [-0.2, 0) is 6.42 Å². The van der Waals surface area contributed by atoms with E-state index in [4.69, 9.17) is 0 Å². The van der Waals surface area contributed by atoms with E-state index in [1.807, 2.05) is 38.1 Å². The van der Waals surface area contributed by atoms with Gasteiger partial charge in [0.2, 0.25) is 0 Å². The van der Waals surface area contributed by atoms with Gasteiger partial charge in [-0.15, -0.1) is 0 Å². The fraction of sp³-hybridized carbons (Fsp3) is 0.160. The van der Waals surface area contributed by atoms with Crippen LogP contribution in [0.15, 0.2) is 60.7 Å². The zero-order chi connectivity index (χ0) is 21.3. The number of carbonyl (C=O) groups excluding carboxylic acids is 1. The second-order valence-electron chi connectivity index (χ2n) is 7.53. The summed E-state index contributed by atoms with van der Waals surface area (Å²) in [7, 11) is 0. The van der Waals surface area contributed by atoms with Crippen molar-refractivity contribution in [1.29, 1.82) is 0 Å². The Hall–Kier alpha value is -3.60. The van der Waals surface area contributed by atoms with Crippen LogP contribution in [0, 0.1) is 19.7 Å².